The van der Waals surface area contributed by atoms with E-state index in [2.05, 4.69) is 32.7 Å². The highest BCUT2D eigenvalue weighted by molar-refractivity contribution is 6.38. The molecule has 0 saturated heterocycles. The number of Topliss-reactive ketones (excluding diaryl/α,β-unsaturated/α-hetero) is 1. The molecule has 3 aliphatic carbocycles. The van der Waals surface area contributed by atoms with Crippen LogP contribution in [0.3, 0.4) is 0 Å². The maximum absolute atomic E-state index is 12.8. The van der Waals surface area contributed by atoms with Gasteiger partial charge in [0, 0.05) is 34.7 Å². The fourth-order valence-electron chi connectivity index (χ4n) is 7.81. The number of carbonyl (C=O) groups excluding carboxylic acids is 7. The highest BCUT2D eigenvalue weighted by atomic mass is 16.5. The van der Waals surface area contributed by atoms with Gasteiger partial charge in [-0.1, -0.05) is 106 Å². The van der Waals surface area contributed by atoms with Gasteiger partial charge < -0.3 is 64.9 Å². The molecule has 20 nitrogen and oxygen atoms in total. The minimum absolute atomic E-state index is 0. The molecule has 3 heterocycles. The minimum atomic E-state index is -1.32. The van der Waals surface area contributed by atoms with Crippen LogP contribution in [-0.2, 0) is 67.4 Å². The van der Waals surface area contributed by atoms with Crippen LogP contribution in [0.15, 0.2) is 109 Å². The first-order valence-electron chi connectivity index (χ1n) is 27.3. The lowest BCUT2D eigenvalue weighted by molar-refractivity contribution is -0.139. The molecule has 20 heteroatoms. The molecule has 0 radical (unpaired) electrons. The normalized spacial score (nSPS) is 22.4. The molecule has 1 unspecified atom stereocenters. The predicted molar refractivity (Wildman–Crippen MR) is 307 cm³/mol. The van der Waals surface area contributed by atoms with Crippen molar-refractivity contribution in [1.82, 2.24) is 26.6 Å². The van der Waals surface area contributed by atoms with E-state index in [9.17, 15) is 38.7 Å². The number of aldehydes is 1. The van der Waals surface area contributed by atoms with Crippen molar-refractivity contribution in [2.75, 3.05) is 59.5 Å². The van der Waals surface area contributed by atoms with Crippen molar-refractivity contribution in [3.8, 4) is 6.07 Å². The van der Waals surface area contributed by atoms with Crippen molar-refractivity contribution >= 4 is 41.6 Å². The average Bonchev–Trinajstić information content (AvgIpc) is 4.40. The molecule has 4 atom stereocenters. The summed E-state index contributed by atoms with van der Waals surface area (Å²) in [4.78, 5) is 85.8. The summed E-state index contributed by atoms with van der Waals surface area (Å²) in [5.74, 6) is -2.28. The number of nitriles is 1. The van der Waals surface area contributed by atoms with Gasteiger partial charge in [0.1, 0.15) is 12.3 Å². The number of ketones is 1. The standard InChI is InChI=1S/C20H26N2O5.C20H24N2O5.C16H19NO4.C4H5N.2CH4/c2*23-18(20(25)21-15-8-9-15)17-7-3-4-10-26-11-12-27-13-14-5-1-2-6-16(14)19(24)22-17;18-11-14-6-3-4-8-20-9-10-21-12-13-5-1-2-7-15(13)16(19)17-14;5-3-4-1-2-4;;/h1-6,15,17-18,23H,7-13H2,(H,21,25)(H,22,24);1-6,15,17H,7-13H2,(H,21,25)(H,22,24);1-5,7,11,14H,6,8-10,12H2,(H,17,19);4H,1-2H2;2*1H4/b3*4-3+;;;/t17-,18?;17-;14-;;;/m000.../s1. The van der Waals surface area contributed by atoms with Gasteiger partial charge in [-0.25, -0.2) is 0 Å². The second kappa shape index (κ2) is 37.7. The Balaban J connectivity index is 0.000000252. The van der Waals surface area contributed by atoms with Gasteiger partial charge in [-0.15, -0.1) is 0 Å². The van der Waals surface area contributed by atoms with E-state index >= 15 is 0 Å². The zero-order chi connectivity index (χ0) is 56.7. The summed E-state index contributed by atoms with van der Waals surface area (Å²) in [6, 6.07) is 21.6. The molecule has 0 aromatic heterocycles. The number of benzene rings is 3. The van der Waals surface area contributed by atoms with Crippen molar-refractivity contribution < 1.29 is 67.1 Å². The molecule has 82 heavy (non-hydrogen) atoms. The quantitative estimate of drug-likeness (QED) is 0.0939. The summed E-state index contributed by atoms with van der Waals surface area (Å²) in [5, 5.41) is 32.1. The van der Waals surface area contributed by atoms with Crippen molar-refractivity contribution in [3.05, 3.63) is 143 Å². The molecule has 6 N–H and O–H groups in total. The summed E-state index contributed by atoms with van der Waals surface area (Å²) in [7, 11) is 0. The van der Waals surface area contributed by atoms with Crippen LogP contribution in [0.5, 0.6) is 0 Å². The van der Waals surface area contributed by atoms with E-state index in [-0.39, 0.29) is 58.4 Å². The number of amides is 5. The van der Waals surface area contributed by atoms with Gasteiger partial charge in [-0.05, 0) is 92.7 Å². The van der Waals surface area contributed by atoms with Gasteiger partial charge in [0.15, 0.2) is 6.10 Å². The van der Waals surface area contributed by atoms with Gasteiger partial charge in [-0.3, -0.25) is 28.8 Å². The minimum Gasteiger partial charge on any atom is -0.381 e. The number of aliphatic hydroxyl groups is 1. The molecule has 6 aliphatic rings. The number of carbonyl (C=O) groups is 7. The molecule has 9 rings (SSSR count). The van der Waals surface area contributed by atoms with Gasteiger partial charge in [0.25, 0.3) is 29.5 Å². The highest BCUT2D eigenvalue weighted by Gasteiger charge is 2.33. The summed E-state index contributed by atoms with van der Waals surface area (Å²) in [6.07, 6.45) is 17.2. The van der Waals surface area contributed by atoms with Crippen LogP contribution < -0.4 is 26.6 Å². The Labute approximate surface area is 481 Å². The zero-order valence-corrected chi connectivity index (χ0v) is 45.1. The molecule has 3 aliphatic heterocycles. The lowest BCUT2D eigenvalue weighted by atomic mass is 10.0. The second-order valence-corrected chi connectivity index (χ2v) is 19.5. The van der Waals surface area contributed by atoms with Crippen molar-refractivity contribution in [1.29, 1.82) is 5.26 Å². The summed E-state index contributed by atoms with van der Waals surface area (Å²) < 4.78 is 32.9. The van der Waals surface area contributed by atoms with Gasteiger partial charge in [0.05, 0.1) is 97.4 Å². The van der Waals surface area contributed by atoms with E-state index in [1.165, 1.54) is 0 Å². The number of hydrogen-bond donors (Lipinski definition) is 6. The fraction of sp³-hybridized carbons (Fsp3) is 0.484. The third kappa shape index (κ3) is 24.9. The van der Waals surface area contributed by atoms with Crippen LogP contribution in [0.1, 0.15) is 120 Å². The molecular weight excluding hydrogens is 1050 g/mol. The van der Waals surface area contributed by atoms with E-state index in [0.717, 1.165) is 61.5 Å². The zero-order valence-electron chi connectivity index (χ0n) is 45.1. The van der Waals surface area contributed by atoms with Gasteiger partial charge in [0.2, 0.25) is 5.78 Å². The first kappa shape index (κ1) is 67.3. The van der Waals surface area contributed by atoms with Gasteiger partial charge >= 0.3 is 0 Å². The summed E-state index contributed by atoms with van der Waals surface area (Å²) in [5.41, 5.74) is 3.70. The first-order valence-corrected chi connectivity index (χ1v) is 27.3. The number of ether oxygens (including phenoxy) is 6. The lowest BCUT2D eigenvalue weighted by Crippen LogP contribution is -2.51. The largest absolute Gasteiger partial charge is 0.381 e. The molecular formula is C62H82N6O14. The monoisotopic (exact) mass is 1130 g/mol. The Hall–Kier alpha value is -7.22. The Morgan fingerprint density at radius 3 is 1.40 bits per heavy atom. The van der Waals surface area contributed by atoms with Crippen molar-refractivity contribution in [2.24, 2.45) is 5.92 Å². The summed E-state index contributed by atoms with van der Waals surface area (Å²) in [6.45, 7) is 4.87. The van der Waals surface area contributed by atoms with E-state index in [1.54, 1.807) is 60.7 Å². The molecule has 444 valence electrons. The smallest absolute Gasteiger partial charge is 0.289 e. The topological polar surface area (TPSA) is 279 Å². The number of fused-ring (bicyclic) bond motifs is 3. The van der Waals surface area contributed by atoms with Crippen LogP contribution in [0.25, 0.3) is 0 Å². The van der Waals surface area contributed by atoms with Crippen LogP contribution in [0, 0.1) is 17.2 Å². The van der Waals surface area contributed by atoms with Gasteiger partial charge in [-0.2, -0.15) is 5.26 Å². The van der Waals surface area contributed by atoms with E-state index < -0.39 is 47.7 Å². The Kier molecular flexibility index (Phi) is 31.0. The van der Waals surface area contributed by atoms with Crippen LogP contribution in [0.2, 0.25) is 0 Å². The maximum atomic E-state index is 12.8. The molecule has 0 bridgehead atoms. The number of nitrogens with zero attached hydrogens (tertiary/aromatic N) is 1. The molecule has 3 saturated carbocycles. The first-order chi connectivity index (χ1) is 39.0. The SMILES string of the molecule is C.C.N#CC1CC1.O=C(NC1CC1)C(=O)[C@@H]1C/C=C/COCCOCc2ccccc2C(=O)N1.O=C1N[C@H](C(O)C(=O)NC2CC2)C/C=C/COCCOCc2ccccc21.O=C[C@@H]1C/C=C/COCCOCc2ccccc2C(=O)N1. The Morgan fingerprint density at radius 2 is 0.963 bits per heavy atom. The lowest BCUT2D eigenvalue weighted by Gasteiger charge is -2.23. The van der Waals surface area contributed by atoms with Crippen molar-refractivity contribution in [2.45, 2.75) is 129 Å². The molecule has 5 amide bonds. The third-order valence-electron chi connectivity index (χ3n) is 12.9. The molecule has 3 aromatic carbocycles. The third-order valence-corrected chi connectivity index (χ3v) is 12.9. The van der Waals surface area contributed by atoms with E-state index in [0.29, 0.717) is 102 Å². The Bertz CT molecular complexity index is 2640. The predicted octanol–water partition coefficient (Wildman–Crippen LogP) is 5.71. The summed E-state index contributed by atoms with van der Waals surface area (Å²) >= 11 is 0. The number of rotatable bonds is 7. The van der Waals surface area contributed by atoms with Crippen molar-refractivity contribution in [3.63, 3.8) is 0 Å². The highest BCUT2D eigenvalue weighted by Crippen LogP contribution is 2.27. The van der Waals surface area contributed by atoms with Crippen LogP contribution in [0.4, 0.5) is 0 Å². The molecule has 0 spiro atoms. The average molecular weight is 1140 g/mol. The molecule has 3 fully saturated rings. The van der Waals surface area contributed by atoms with Crippen LogP contribution in [-0.4, -0.2) is 142 Å². The second-order valence-electron chi connectivity index (χ2n) is 19.5. The fourth-order valence-corrected chi connectivity index (χ4v) is 7.81. The number of nitrogens with one attached hydrogen (secondary N) is 5. The maximum Gasteiger partial charge on any atom is 0.289 e. The molecule has 3 aromatic rings. The number of aliphatic hydroxyl groups excluding tert-OH is 1. The van der Waals surface area contributed by atoms with E-state index in [1.807, 2.05) is 48.6 Å². The van der Waals surface area contributed by atoms with E-state index in [4.69, 9.17) is 33.7 Å². The number of hydrogen-bond acceptors (Lipinski definition) is 15. The Morgan fingerprint density at radius 1 is 0.549 bits per heavy atom. The van der Waals surface area contributed by atoms with Crippen LogP contribution >= 0.6 is 0 Å².